The van der Waals surface area contributed by atoms with Gasteiger partial charge >= 0.3 is 5.97 Å². The van der Waals surface area contributed by atoms with Gasteiger partial charge in [0.05, 0.1) is 11.3 Å². The molecule has 2 N–H and O–H groups in total. The van der Waals surface area contributed by atoms with Gasteiger partial charge in [0, 0.05) is 24.2 Å². The lowest BCUT2D eigenvalue weighted by molar-refractivity contribution is 0.0697. The van der Waals surface area contributed by atoms with Crippen molar-refractivity contribution < 1.29 is 18.3 Å². The van der Waals surface area contributed by atoms with E-state index >= 15 is 0 Å². The summed E-state index contributed by atoms with van der Waals surface area (Å²) < 4.78 is 27.9. The summed E-state index contributed by atoms with van der Waals surface area (Å²) in [5.41, 5.74) is -0.0784. The SMILES string of the molecule is CCn1cc(NS(=O)(=O)c2cc(C(=O)O)cs2)ccc1=O. The van der Waals surface area contributed by atoms with E-state index in [9.17, 15) is 18.0 Å². The van der Waals surface area contributed by atoms with Crippen molar-refractivity contribution in [2.75, 3.05) is 4.72 Å². The van der Waals surface area contributed by atoms with E-state index in [0.717, 1.165) is 17.4 Å². The van der Waals surface area contributed by atoms with Gasteiger partial charge in [-0.2, -0.15) is 0 Å². The summed E-state index contributed by atoms with van der Waals surface area (Å²) in [6.45, 7) is 2.18. The molecule has 0 bridgehead atoms. The molecule has 2 heterocycles. The second-order valence-corrected chi connectivity index (χ2v) is 6.93. The van der Waals surface area contributed by atoms with E-state index in [1.54, 1.807) is 6.92 Å². The maximum atomic E-state index is 12.1. The largest absolute Gasteiger partial charge is 0.478 e. The molecule has 0 radical (unpaired) electrons. The Bertz CT molecular complexity index is 835. The fourth-order valence-corrected chi connectivity index (χ4v) is 3.81. The zero-order chi connectivity index (χ0) is 15.6. The van der Waals surface area contributed by atoms with Crippen LogP contribution in [0.1, 0.15) is 17.3 Å². The van der Waals surface area contributed by atoms with Gasteiger partial charge in [0.25, 0.3) is 15.6 Å². The lowest BCUT2D eigenvalue weighted by Crippen LogP contribution is -2.19. The molecule has 0 atom stereocenters. The van der Waals surface area contributed by atoms with Crippen molar-refractivity contribution in [3.8, 4) is 0 Å². The fraction of sp³-hybridized carbons (Fsp3) is 0.167. The van der Waals surface area contributed by atoms with Crippen molar-refractivity contribution in [3.05, 3.63) is 45.7 Å². The lowest BCUT2D eigenvalue weighted by Gasteiger charge is -2.08. The first-order valence-electron chi connectivity index (χ1n) is 5.88. The van der Waals surface area contributed by atoms with Crippen LogP contribution in [-0.2, 0) is 16.6 Å². The minimum atomic E-state index is -3.87. The van der Waals surface area contributed by atoms with E-state index in [4.69, 9.17) is 5.11 Å². The standard InChI is InChI=1S/C12H12N2O5S2/c1-2-14-6-9(3-4-10(14)15)13-21(18,19)11-5-8(7-20-11)12(16)17/h3-7,13H,2H2,1H3,(H,16,17). The van der Waals surface area contributed by atoms with Gasteiger partial charge < -0.3 is 9.67 Å². The average Bonchev–Trinajstić information content (AvgIpc) is 2.91. The Morgan fingerprint density at radius 2 is 2.14 bits per heavy atom. The van der Waals surface area contributed by atoms with Gasteiger partial charge in [-0.25, -0.2) is 13.2 Å². The number of hydrogen-bond donors (Lipinski definition) is 2. The quantitative estimate of drug-likeness (QED) is 0.863. The van der Waals surface area contributed by atoms with Gasteiger partial charge in [-0.15, -0.1) is 11.3 Å². The van der Waals surface area contributed by atoms with Gasteiger partial charge in [-0.05, 0) is 19.1 Å². The molecule has 0 fully saturated rings. The van der Waals surface area contributed by atoms with Crippen LogP contribution in [0.3, 0.4) is 0 Å². The zero-order valence-electron chi connectivity index (χ0n) is 10.9. The minimum absolute atomic E-state index is 0.0843. The maximum absolute atomic E-state index is 12.1. The maximum Gasteiger partial charge on any atom is 0.336 e. The fourth-order valence-electron chi connectivity index (χ4n) is 1.61. The summed E-state index contributed by atoms with van der Waals surface area (Å²) in [7, 11) is -3.87. The highest BCUT2D eigenvalue weighted by atomic mass is 32.2. The van der Waals surface area contributed by atoms with E-state index < -0.39 is 16.0 Å². The molecule has 9 heteroatoms. The third kappa shape index (κ3) is 3.31. The molecule has 0 spiro atoms. The molecular formula is C12H12N2O5S2. The molecule has 7 nitrogen and oxygen atoms in total. The van der Waals surface area contributed by atoms with Gasteiger partial charge in [-0.1, -0.05) is 0 Å². The van der Waals surface area contributed by atoms with Crippen LogP contribution in [0.5, 0.6) is 0 Å². The molecule has 2 rings (SSSR count). The molecule has 0 amide bonds. The third-order valence-electron chi connectivity index (χ3n) is 2.66. The summed E-state index contributed by atoms with van der Waals surface area (Å²) in [6.07, 6.45) is 1.39. The number of carboxylic acid groups (broad SMARTS) is 1. The van der Waals surface area contributed by atoms with E-state index in [1.165, 1.54) is 28.3 Å². The Morgan fingerprint density at radius 3 is 2.71 bits per heavy atom. The van der Waals surface area contributed by atoms with Crippen LogP contribution in [0.25, 0.3) is 0 Å². The van der Waals surface area contributed by atoms with Crippen molar-refractivity contribution >= 4 is 33.0 Å². The number of nitrogens with zero attached hydrogens (tertiary/aromatic N) is 1. The predicted molar refractivity (Wildman–Crippen MR) is 78.5 cm³/mol. The Kier molecular flexibility index (Phi) is 4.14. The summed E-state index contributed by atoms with van der Waals surface area (Å²) >= 11 is 0.817. The number of aromatic carboxylic acids is 1. The average molecular weight is 328 g/mol. The molecule has 0 saturated carbocycles. The Hall–Kier alpha value is -2.13. The highest BCUT2D eigenvalue weighted by Gasteiger charge is 2.19. The van der Waals surface area contributed by atoms with Crippen LogP contribution in [0.2, 0.25) is 0 Å². The van der Waals surface area contributed by atoms with E-state index in [-0.39, 0.29) is 21.0 Å². The van der Waals surface area contributed by atoms with Crippen molar-refractivity contribution in [3.63, 3.8) is 0 Å². The second kappa shape index (κ2) is 5.70. The summed E-state index contributed by atoms with van der Waals surface area (Å²) in [4.78, 5) is 22.2. The molecule has 0 aromatic carbocycles. The molecule has 0 aliphatic heterocycles. The molecule has 0 unspecified atom stereocenters. The number of sulfonamides is 1. The van der Waals surface area contributed by atoms with Gasteiger partial charge in [-0.3, -0.25) is 9.52 Å². The molecule has 0 aliphatic carbocycles. The van der Waals surface area contributed by atoms with E-state index in [2.05, 4.69) is 4.72 Å². The zero-order valence-corrected chi connectivity index (χ0v) is 12.6. The van der Waals surface area contributed by atoms with Crippen molar-refractivity contribution in [1.82, 2.24) is 4.57 Å². The normalized spacial score (nSPS) is 11.3. The monoisotopic (exact) mass is 328 g/mol. The molecule has 0 saturated heterocycles. The molecule has 21 heavy (non-hydrogen) atoms. The highest BCUT2D eigenvalue weighted by Crippen LogP contribution is 2.22. The molecule has 2 aromatic heterocycles. The van der Waals surface area contributed by atoms with E-state index in [1.807, 2.05) is 0 Å². The van der Waals surface area contributed by atoms with E-state index in [0.29, 0.717) is 6.54 Å². The number of carbonyl (C=O) groups is 1. The smallest absolute Gasteiger partial charge is 0.336 e. The Labute approximate surface area is 124 Å². The summed E-state index contributed by atoms with van der Waals surface area (Å²) in [6, 6.07) is 3.71. The first kappa shape index (κ1) is 15.3. The number of nitrogens with one attached hydrogen (secondary N) is 1. The Balaban J connectivity index is 2.32. The number of aromatic nitrogens is 1. The van der Waals surface area contributed by atoms with Gasteiger partial charge in [0.2, 0.25) is 0 Å². The predicted octanol–water partition coefficient (Wildman–Crippen LogP) is 1.43. The molecule has 2 aromatic rings. The summed E-state index contributed by atoms with van der Waals surface area (Å²) in [5.74, 6) is -1.19. The van der Waals surface area contributed by atoms with Crippen LogP contribution < -0.4 is 10.3 Å². The molecule has 112 valence electrons. The second-order valence-electron chi connectivity index (χ2n) is 4.11. The first-order valence-corrected chi connectivity index (χ1v) is 8.25. The number of rotatable bonds is 5. The van der Waals surface area contributed by atoms with Gasteiger partial charge in [0.1, 0.15) is 4.21 Å². The number of thiophene rings is 1. The van der Waals surface area contributed by atoms with Crippen LogP contribution in [0.15, 0.2) is 38.8 Å². The molecule has 0 aliphatic rings. The van der Waals surface area contributed by atoms with Crippen LogP contribution in [-0.4, -0.2) is 24.1 Å². The topological polar surface area (TPSA) is 105 Å². The number of carboxylic acids is 1. The van der Waals surface area contributed by atoms with Gasteiger partial charge in [0.15, 0.2) is 0 Å². The van der Waals surface area contributed by atoms with Crippen LogP contribution in [0.4, 0.5) is 5.69 Å². The summed E-state index contributed by atoms with van der Waals surface area (Å²) in [5, 5.41) is 10.1. The van der Waals surface area contributed by atoms with Crippen LogP contribution >= 0.6 is 11.3 Å². The first-order chi connectivity index (χ1) is 9.83. The number of hydrogen-bond acceptors (Lipinski definition) is 5. The number of anilines is 1. The lowest BCUT2D eigenvalue weighted by atomic mass is 10.4. The Morgan fingerprint density at radius 1 is 1.43 bits per heavy atom. The number of pyridine rings is 1. The third-order valence-corrected chi connectivity index (χ3v) is 5.48. The van der Waals surface area contributed by atoms with Crippen molar-refractivity contribution in [1.29, 1.82) is 0 Å². The minimum Gasteiger partial charge on any atom is -0.478 e. The van der Waals surface area contributed by atoms with Crippen molar-refractivity contribution in [2.24, 2.45) is 0 Å². The molecular weight excluding hydrogens is 316 g/mol. The highest BCUT2D eigenvalue weighted by molar-refractivity contribution is 7.94. The van der Waals surface area contributed by atoms with Crippen molar-refractivity contribution in [2.45, 2.75) is 17.7 Å². The number of aryl methyl sites for hydroxylation is 1. The van der Waals surface area contributed by atoms with Crippen LogP contribution in [0, 0.1) is 0 Å².